The molecule has 0 saturated heterocycles. The first-order chi connectivity index (χ1) is 10.1. The first-order valence-corrected chi connectivity index (χ1v) is 7.29. The second kappa shape index (κ2) is 7.09. The van der Waals surface area contributed by atoms with Crippen molar-refractivity contribution in [2.75, 3.05) is 32.9 Å². The second-order valence-electron chi connectivity index (χ2n) is 5.55. The monoisotopic (exact) mass is 285 g/mol. The summed E-state index contributed by atoms with van der Waals surface area (Å²) in [5.74, 6) is -0.0943. The topological polar surface area (TPSA) is 58.4 Å². The smallest absolute Gasteiger partial charge is 0.253 e. The number of rotatable bonds is 6. The molecule has 4 nitrogen and oxygen atoms in total. The lowest BCUT2D eigenvalue weighted by Gasteiger charge is -2.11. The fourth-order valence-electron chi connectivity index (χ4n) is 2.30. The van der Waals surface area contributed by atoms with Crippen LogP contribution in [0.4, 0.5) is 5.69 Å². The van der Waals surface area contributed by atoms with Crippen LogP contribution in [0.5, 0.6) is 0 Å². The molecule has 0 bridgehead atoms. The molecule has 2 rings (SSSR count). The van der Waals surface area contributed by atoms with E-state index in [0.29, 0.717) is 17.8 Å². The van der Waals surface area contributed by atoms with Gasteiger partial charge in [-0.05, 0) is 56.4 Å². The standard InChI is InChI=1S/C17H23N3O/c1-20(2)10-6-5-9-19-17(21)15-11-13-7-3-4-8-14(13)12-16(15)18/h3-4,7-8,11-12H,5-6,9-10,18H2,1-2H3,(H,19,21). The van der Waals surface area contributed by atoms with Crippen LogP contribution in [0.25, 0.3) is 10.8 Å². The van der Waals surface area contributed by atoms with Gasteiger partial charge in [-0.2, -0.15) is 0 Å². The van der Waals surface area contributed by atoms with Crippen LogP contribution in [-0.2, 0) is 0 Å². The van der Waals surface area contributed by atoms with Gasteiger partial charge in [-0.25, -0.2) is 0 Å². The van der Waals surface area contributed by atoms with Crippen LogP contribution in [0.3, 0.4) is 0 Å². The number of hydrogen-bond donors (Lipinski definition) is 2. The predicted octanol–water partition coefficient (Wildman–Crippen LogP) is 2.49. The maximum atomic E-state index is 12.2. The zero-order valence-corrected chi connectivity index (χ0v) is 12.7. The lowest BCUT2D eigenvalue weighted by atomic mass is 10.0. The Bertz CT molecular complexity index is 622. The molecule has 0 saturated carbocycles. The van der Waals surface area contributed by atoms with Crippen molar-refractivity contribution in [1.29, 1.82) is 0 Å². The number of hydrogen-bond acceptors (Lipinski definition) is 3. The molecule has 112 valence electrons. The number of unbranched alkanes of at least 4 members (excludes halogenated alkanes) is 1. The number of benzene rings is 2. The van der Waals surface area contributed by atoms with E-state index in [9.17, 15) is 4.79 Å². The fourth-order valence-corrected chi connectivity index (χ4v) is 2.30. The largest absolute Gasteiger partial charge is 0.398 e. The SMILES string of the molecule is CN(C)CCCCNC(=O)c1cc2ccccc2cc1N. The Hall–Kier alpha value is -2.07. The van der Waals surface area contributed by atoms with Crippen molar-refractivity contribution < 1.29 is 4.79 Å². The van der Waals surface area contributed by atoms with Gasteiger partial charge < -0.3 is 16.0 Å². The third kappa shape index (κ3) is 4.20. The number of carbonyl (C=O) groups excluding carboxylic acids is 1. The van der Waals surface area contributed by atoms with E-state index in [4.69, 9.17) is 5.73 Å². The average molecular weight is 285 g/mol. The highest BCUT2D eigenvalue weighted by Gasteiger charge is 2.10. The zero-order valence-electron chi connectivity index (χ0n) is 12.7. The van der Waals surface area contributed by atoms with Crippen molar-refractivity contribution >= 4 is 22.4 Å². The Morgan fingerprint density at radius 3 is 2.48 bits per heavy atom. The van der Waals surface area contributed by atoms with Gasteiger partial charge in [0.25, 0.3) is 5.91 Å². The Kier molecular flexibility index (Phi) is 5.17. The average Bonchev–Trinajstić information content (AvgIpc) is 2.45. The van der Waals surface area contributed by atoms with Gasteiger partial charge in [0.15, 0.2) is 0 Å². The molecular weight excluding hydrogens is 262 g/mol. The molecule has 0 spiro atoms. The number of anilines is 1. The molecule has 0 radical (unpaired) electrons. The van der Waals surface area contributed by atoms with Gasteiger partial charge >= 0.3 is 0 Å². The quantitative estimate of drug-likeness (QED) is 0.633. The van der Waals surface area contributed by atoms with Gasteiger partial charge in [-0.3, -0.25) is 4.79 Å². The minimum absolute atomic E-state index is 0.0943. The maximum absolute atomic E-state index is 12.2. The van der Waals surface area contributed by atoms with E-state index in [1.807, 2.05) is 50.5 Å². The summed E-state index contributed by atoms with van der Waals surface area (Å²) in [5.41, 5.74) is 7.07. The van der Waals surface area contributed by atoms with Gasteiger partial charge in [0.1, 0.15) is 0 Å². The van der Waals surface area contributed by atoms with Gasteiger partial charge in [0.2, 0.25) is 0 Å². The number of amides is 1. The molecule has 1 amide bonds. The van der Waals surface area contributed by atoms with Gasteiger partial charge in [0.05, 0.1) is 5.56 Å². The number of carbonyl (C=O) groups is 1. The Morgan fingerprint density at radius 2 is 1.81 bits per heavy atom. The molecule has 2 aromatic carbocycles. The molecule has 0 aromatic heterocycles. The molecule has 0 fully saturated rings. The Morgan fingerprint density at radius 1 is 1.14 bits per heavy atom. The molecule has 0 atom stereocenters. The van der Waals surface area contributed by atoms with Crippen LogP contribution in [0, 0.1) is 0 Å². The summed E-state index contributed by atoms with van der Waals surface area (Å²) >= 11 is 0. The molecule has 0 aliphatic carbocycles. The van der Waals surface area contributed by atoms with Crippen LogP contribution in [-0.4, -0.2) is 38.0 Å². The molecular formula is C17H23N3O. The van der Waals surface area contributed by atoms with E-state index in [2.05, 4.69) is 10.2 Å². The lowest BCUT2D eigenvalue weighted by molar-refractivity contribution is 0.0954. The molecule has 0 unspecified atom stereocenters. The molecule has 21 heavy (non-hydrogen) atoms. The van der Waals surface area contributed by atoms with Crippen molar-refractivity contribution in [2.45, 2.75) is 12.8 Å². The number of nitrogens with zero attached hydrogens (tertiary/aromatic N) is 1. The highest BCUT2D eigenvalue weighted by molar-refractivity contribution is 6.03. The van der Waals surface area contributed by atoms with Gasteiger partial charge in [0, 0.05) is 12.2 Å². The molecule has 0 aliphatic heterocycles. The van der Waals surface area contributed by atoms with Gasteiger partial charge in [-0.1, -0.05) is 24.3 Å². The highest BCUT2D eigenvalue weighted by atomic mass is 16.1. The van der Waals surface area contributed by atoms with E-state index >= 15 is 0 Å². The molecule has 2 aromatic rings. The summed E-state index contributed by atoms with van der Waals surface area (Å²) in [7, 11) is 4.10. The third-order valence-corrected chi connectivity index (χ3v) is 3.48. The van der Waals surface area contributed by atoms with E-state index in [1.54, 1.807) is 0 Å². The van der Waals surface area contributed by atoms with Crippen molar-refractivity contribution in [2.24, 2.45) is 0 Å². The van der Waals surface area contributed by atoms with Crippen molar-refractivity contribution in [3.05, 3.63) is 42.0 Å². The van der Waals surface area contributed by atoms with Crippen LogP contribution in [0.15, 0.2) is 36.4 Å². The van der Waals surface area contributed by atoms with Crippen molar-refractivity contribution in [3.8, 4) is 0 Å². The zero-order chi connectivity index (χ0) is 15.2. The molecule has 0 aliphatic rings. The van der Waals surface area contributed by atoms with E-state index in [1.165, 1.54) is 0 Å². The predicted molar refractivity (Wildman–Crippen MR) is 88.5 cm³/mol. The summed E-state index contributed by atoms with van der Waals surface area (Å²) in [6.07, 6.45) is 2.04. The summed E-state index contributed by atoms with van der Waals surface area (Å²) in [6, 6.07) is 11.6. The summed E-state index contributed by atoms with van der Waals surface area (Å²) in [4.78, 5) is 14.3. The van der Waals surface area contributed by atoms with Crippen LogP contribution in [0.1, 0.15) is 23.2 Å². The fraction of sp³-hybridized carbons (Fsp3) is 0.353. The lowest BCUT2D eigenvalue weighted by Crippen LogP contribution is -2.26. The van der Waals surface area contributed by atoms with E-state index < -0.39 is 0 Å². The molecule has 4 heteroatoms. The summed E-state index contributed by atoms with van der Waals surface area (Å²) in [6.45, 7) is 1.72. The summed E-state index contributed by atoms with van der Waals surface area (Å²) in [5, 5.41) is 5.03. The highest BCUT2D eigenvalue weighted by Crippen LogP contribution is 2.21. The normalized spacial score (nSPS) is 11.0. The summed E-state index contributed by atoms with van der Waals surface area (Å²) < 4.78 is 0. The number of fused-ring (bicyclic) bond motifs is 1. The number of nitrogens with two attached hydrogens (primary N) is 1. The first kappa shape index (κ1) is 15.3. The van der Waals surface area contributed by atoms with Crippen molar-refractivity contribution in [3.63, 3.8) is 0 Å². The molecule has 3 N–H and O–H groups in total. The minimum atomic E-state index is -0.0943. The van der Waals surface area contributed by atoms with Crippen molar-refractivity contribution in [1.82, 2.24) is 10.2 Å². The van der Waals surface area contributed by atoms with E-state index in [-0.39, 0.29) is 5.91 Å². The van der Waals surface area contributed by atoms with Crippen LogP contribution in [0.2, 0.25) is 0 Å². The maximum Gasteiger partial charge on any atom is 0.253 e. The van der Waals surface area contributed by atoms with Crippen LogP contribution >= 0.6 is 0 Å². The van der Waals surface area contributed by atoms with E-state index in [0.717, 1.165) is 30.2 Å². The Balaban J connectivity index is 1.97. The number of nitrogens with one attached hydrogen (secondary N) is 1. The molecule has 0 heterocycles. The first-order valence-electron chi connectivity index (χ1n) is 7.29. The third-order valence-electron chi connectivity index (χ3n) is 3.48. The van der Waals surface area contributed by atoms with Crippen LogP contribution < -0.4 is 11.1 Å². The number of nitrogen functional groups attached to an aromatic ring is 1. The minimum Gasteiger partial charge on any atom is -0.398 e. The Labute approximate surface area is 125 Å². The second-order valence-corrected chi connectivity index (χ2v) is 5.55. The van der Waals surface area contributed by atoms with Gasteiger partial charge in [-0.15, -0.1) is 0 Å².